The first kappa shape index (κ1) is 19.0. The number of hydrogen-bond donors (Lipinski definition) is 1. The van der Waals surface area contributed by atoms with E-state index in [4.69, 9.17) is 5.11 Å². The number of carbonyl (C=O) groups is 1. The molecule has 1 N–H and O–H groups in total. The van der Waals surface area contributed by atoms with E-state index in [0.717, 1.165) is 12.7 Å². The summed E-state index contributed by atoms with van der Waals surface area (Å²) < 4.78 is 17.5. The zero-order valence-electron chi connectivity index (χ0n) is 13.1. The van der Waals surface area contributed by atoms with Crippen molar-refractivity contribution in [1.29, 1.82) is 0 Å². The van der Waals surface area contributed by atoms with Gasteiger partial charge in [-0.2, -0.15) is 0 Å². The van der Waals surface area contributed by atoms with Crippen LogP contribution in [0.2, 0.25) is 0 Å². The van der Waals surface area contributed by atoms with Crippen LogP contribution in [0.3, 0.4) is 0 Å². The average molecular weight is 580 g/mol. The Hall–Kier alpha value is -1.76. The normalized spacial score (nSPS) is 11.0. The fraction of sp³-hybridized carbons (Fsp3) is 0.118. The van der Waals surface area contributed by atoms with E-state index >= 15 is 0 Å². The van der Waals surface area contributed by atoms with Gasteiger partial charge in [-0.1, -0.05) is 6.07 Å². The maximum atomic E-state index is 14.2. The Labute approximate surface area is 173 Å². The fourth-order valence-corrected chi connectivity index (χ4v) is 3.57. The summed E-state index contributed by atoms with van der Waals surface area (Å²) in [4.78, 5) is 36.7. The first-order valence-corrected chi connectivity index (χ1v) is 9.52. The number of fused-ring (bicyclic) bond motifs is 1. The van der Waals surface area contributed by atoms with Crippen molar-refractivity contribution < 1.29 is 14.3 Å². The molecule has 0 spiro atoms. The number of hydrogen-bond acceptors (Lipinski definition) is 3. The maximum Gasteiger partial charge on any atom is 0.332 e. The summed E-state index contributed by atoms with van der Waals surface area (Å²) in [5.74, 6) is -1.74. The average Bonchev–Trinajstić information content (AvgIpc) is 2.57. The molecule has 3 rings (SSSR count). The molecule has 0 aliphatic carbocycles. The maximum absolute atomic E-state index is 14.2. The van der Waals surface area contributed by atoms with Crippen LogP contribution in [-0.4, -0.2) is 20.2 Å². The zero-order valence-corrected chi connectivity index (χ0v) is 17.4. The van der Waals surface area contributed by atoms with Gasteiger partial charge < -0.3 is 5.11 Å². The van der Waals surface area contributed by atoms with Crippen molar-refractivity contribution in [2.75, 3.05) is 0 Å². The number of halogens is 3. The molecule has 0 unspecified atom stereocenters. The third kappa shape index (κ3) is 3.68. The highest BCUT2D eigenvalue weighted by atomic mass is 127. The molecule has 0 atom stereocenters. The molecule has 0 bridgehead atoms. The molecule has 1 aromatic heterocycles. The lowest BCUT2D eigenvalue weighted by Crippen LogP contribution is -2.41. The van der Waals surface area contributed by atoms with Crippen molar-refractivity contribution in [2.45, 2.75) is 13.1 Å². The van der Waals surface area contributed by atoms with E-state index in [2.05, 4.69) is 0 Å². The second kappa shape index (κ2) is 7.47. The Morgan fingerprint density at radius 2 is 1.69 bits per heavy atom. The Morgan fingerprint density at radius 3 is 2.35 bits per heavy atom. The Bertz CT molecular complexity index is 1150. The quantitative estimate of drug-likeness (QED) is 0.482. The number of aromatic nitrogens is 2. The molecule has 0 fully saturated rings. The lowest BCUT2D eigenvalue weighted by Gasteiger charge is -2.13. The van der Waals surface area contributed by atoms with E-state index in [1.807, 2.05) is 45.2 Å². The van der Waals surface area contributed by atoms with E-state index in [0.29, 0.717) is 3.57 Å². The molecule has 0 saturated heterocycles. The van der Waals surface area contributed by atoms with E-state index < -0.39 is 29.6 Å². The van der Waals surface area contributed by atoms with Gasteiger partial charge in [-0.3, -0.25) is 18.7 Å². The minimum atomic E-state index is -1.21. The molecule has 0 aliphatic rings. The van der Waals surface area contributed by atoms with Gasteiger partial charge in [0.15, 0.2) is 0 Å². The molecule has 0 saturated carbocycles. The molecule has 6 nitrogen and oxygen atoms in total. The van der Waals surface area contributed by atoms with E-state index in [1.165, 1.54) is 18.2 Å². The van der Waals surface area contributed by atoms with E-state index in [9.17, 15) is 18.8 Å². The Morgan fingerprint density at radius 1 is 1.04 bits per heavy atom. The predicted octanol–water partition coefficient (Wildman–Crippen LogP) is 2.64. The van der Waals surface area contributed by atoms with E-state index in [1.54, 1.807) is 18.2 Å². The van der Waals surface area contributed by atoms with Gasteiger partial charge in [-0.05, 0) is 75.5 Å². The lowest BCUT2D eigenvalue weighted by atomic mass is 10.2. The second-order valence-electron chi connectivity index (χ2n) is 5.55. The molecule has 0 aliphatic heterocycles. The molecule has 1 heterocycles. The van der Waals surface area contributed by atoms with Gasteiger partial charge >= 0.3 is 11.7 Å². The predicted molar refractivity (Wildman–Crippen MR) is 111 cm³/mol. The van der Waals surface area contributed by atoms with Gasteiger partial charge in [0.1, 0.15) is 12.4 Å². The molecule has 3 aromatic rings. The minimum Gasteiger partial charge on any atom is -0.480 e. The summed E-state index contributed by atoms with van der Waals surface area (Å²) in [6.45, 7) is -0.868. The number of benzene rings is 2. The largest absolute Gasteiger partial charge is 0.480 e. The number of rotatable bonds is 4. The summed E-state index contributed by atoms with van der Waals surface area (Å²) in [5.41, 5.74) is -0.948. The SMILES string of the molecule is O=C(O)Cn1c(=O)n(Cc2ccc(I)cc2F)c(=O)c2ccc(I)cc21. The summed E-state index contributed by atoms with van der Waals surface area (Å²) in [6, 6.07) is 9.29. The number of aliphatic carboxylic acids is 1. The van der Waals surface area contributed by atoms with Gasteiger partial charge in [0.05, 0.1) is 17.4 Å². The van der Waals surface area contributed by atoms with Crippen LogP contribution >= 0.6 is 45.2 Å². The third-order valence-electron chi connectivity index (χ3n) is 3.82. The number of nitrogens with zero attached hydrogens (tertiary/aromatic N) is 2. The highest BCUT2D eigenvalue weighted by Gasteiger charge is 2.16. The third-order valence-corrected chi connectivity index (χ3v) is 5.17. The Balaban J connectivity index is 2.28. The lowest BCUT2D eigenvalue weighted by molar-refractivity contribution is -0.137. The summed E-state index contributed by atoms with van der Waals surface area (Å²) >= 11 is 3.97. The van der Waals surface area contributed by atoms with Gasteiger partial charge in [0, 0.05) is 12.7 Å². The molecule has 9 heteroatoms. The van der Waals surface area contributed by atoms with Crippen LogP contribution in [0.1, 0.15) is 5.56 Å². The minimum absolute atomic E-state index is 0.177. The summed E-state index contributed by atoms with van der Waals surface area (Å²) in [7, 11) is 0. The monoisotopic (exact) mass is 580 g/mol. The van der Waals surface area contributed by atoms with Crippen molar-refractivity contribution >= 4 is 62.1 Å². The number of carboxylic acids is 1. The van der Waals surface area contributed by atoms with Gasteiger partial charge in [0.25, 0.3) is 5.56 Å². The first-order chi connectivity index (χ1) is 12.3. The van der Waals surface area contributed by atoms with Crippen LogP contribution in [0.5, 0.6) is 0 Å². The molecule has 134 valence electrons. The van der Waals surface area contributed by atoms with Crippen LogP contribution in [-0.2, 0) is 17.9 Å². The van der Waals surface area contributed by atoms with Crippen molar-refractivity contribution in [3.63, 3.8) is 0 Å². The highest BCUT2D eigenvalue weighted by molar-refractivity contribution is 14.1. The Kier molecular flexibility index (Phi) is 5.46. The molecule has 0 radical (unpaired) electrons. The van der Waals surface area contributed by atoms with Crippen LogP contribution in [0, 0.1) is 13.0 Å². The van der Waals surface area contributed by atoms with Gasteiger partial charge in [0.2, 0.25) is 0 Å². The standard InChI is InChI=1S/C17H11FI2N2O4/c18-13-5-10(19)2-1-9(13)7-22-16(25)12-4-3-11(20)6-14(12)21(17(22)26)8-15(23)24/h1-6H,7-8H2,(H,23,24). The van der Waals surface area contributed by atoms with Gasteiger partial charge in [-0.15, -0.1) is 0 Å². The van der Waals surface area contributed by atoms with Crippen molar-refractivity contribution in [1.82, 2.24) is 9.13 Å². The number of carboxylic acid groups (broad SMARTS) is 1. The summed E-state index contributed by atoms with van der Waals surface area (Å²) in [6.07, 6.45) is 0. The van der Waals surface area contributed by atoms with Crippen LogP contribution in [0.25, 0.3) is 10.9 Å². The second-order valence-corrected chi connectivity index (χ2v) is 8.04. The smallest absolute Gasteiger partial charge is 0.332 e. The fourth-order valence-electron chi connectivity index (χ4n) is 2.64. The van der Waals surface area contributed by atoms with E-state index in [-0.39, 0.29) is 23.0 Å². The van der Waals surface area contributed by atoms with Crippen molar-refractivity contribution in [3.8, 4) is 0 Å². The van der Waals surface area contributed by atoms with Crippen molar-refractivity contribution in [2.24, 2.45) is 0 Å². The van der Waals surface area contributed by atoms with Crippen LogP contribution in [0.15, 0.2) is 46.0 Å². The van der Waals surface area contributed by atoms with Crippen LogP contribution in [0.4, 0.5) is 4.39 Å². The van der Waals surface area contributed by atoms with Crippen molar-refractivity contribution in [3.05, 3.63) is 75.8 Å². The molecular formula is C17H11FI2N2O4. The van der Waals surface area contributed by atoms with Gasteiger partial charge in [-0.25, -0.2) is 9.18 Å². The highest BCUT2D eigenvalue weighted by Crippen LogP contribution is 2.15. The molecule has 26 heavy (non-hydrogen) atoms. The molecule has 0 amide bonds. The topological polar surface area (TPSA) is 81.3 Å². The summed E-state index contributed by atoms with van der Waals surface area (Å²) in [5, 5.41) is 9.34. The molecule has 2 aromatic carbocycles. The van der Waals surface area contributed by atoms with Crippen LogP contribution < -0.4 is 11.2 Å². The zero-order chi connectivity index (χ0) is 19.0. The molecular weight excluding hydrogens is 569 g/mol. The first-order valence-electron chi connectivity index (χ1n) is 7.36.